The Morgan fingerprint density at radius 1 is 1.35 bits per heavy atom. The number of alkyl halides is 2. The minimum Gasteiger partial charge on any atom is -0.290 e. The first-order valence-electron chi connectivity index (χ1n) is 6.22. The lowest BCUT2D eigenvalue weighted by molar-refractivity contribution is 0.140. The van der Waals surface area contributed by atoms with Crippen LogP contribution in [0.3, 0.4) is 0 Å². The number of aryl methyl sites for hydroxylation is 1. The third kappa shape index (κ3) is 2.33. The van der Waals surface area contributed by atoms with E-state index < -0.39 is 23.5 Å². The van der Waals surface area contributed by atoms with Crippen molar-refractivity contribution < 1.29 is 8.78 Å². The summed E-state index contributed by atoms with van der Waals surface area (Å²) < 4.78 is 27.4. The highest BCUT2D eigenvalue weighted by Crippen LogP contribution is 2.15. The van der Waals surface area contributed by atoms with Crippen molar-refractivity contribution in [1.82, 2.24) is 19.1 Å². The lowest BCUT2D eigenvalue weighted by Gasteiger charge is -2.11. The molecule has 0 fully saturated rings. The zero-order valence-electron chi connectivity index (χ0n) is 11.1. The molecule has 0 aliphatic rings. The van der Waals surface area contributed by atoms with Gasteiger partial charge < -0.3 is 0 Å². The van der Waals surface area contributed by atoms with Gasteiger partial charge in [0.05, 0.1) is 11.7 Å². The lowest BCUT2D eigenvalue weighted by atomic mass is 10.3. The van der Waals surface area contributed by atoms with Gasteiger partial charge in [0.1, 0.15) is 0 Å². The summed E-state index contributed by atoms with van der Waals surface area (Å²) in [4.78, 5) is 31.1. The molecule has 6 nitrogen and oxygen atoms in total. The van der Waals surface area contributed by atoms with Crippen LogP contribution < -0.4 is 11.2 Å². The largest absolute Gasteiger partial charge is 0.331 e. The molecular formula is C12H14F2N4O2. The van der Waals surface area contributed by atoms with Crippen LogP contribution in [0.25, 0.3) is 11.0 Å². The number of hydrogen-bond donors (Lipinski definition) is 0. The molecule has 0 amide bonds. The predicted octanol–water partition coefficient (Wildman–Crippen LogP) is 1.23. The number of nitrogens with zero attached hydrogens (tertiary/aromatic N) is 4. The summed E-state index contributed by atoms with van der Waals surface area (Å²) in [6, 6.07) is 0. The normalized spacial score (nSPS) is 11.4. The fraction of sp³-hybridized carbons (Fsp3) is 0.500. The maximum absolute atomic E-state index is 12.6. The van der Waals surface area contributed by atoms with Crippen molar-refractivity contribution in [3.8, 4) is 0 Å². The van der Waals surface area contributed by atoms with Gasteiger partial charge in [-0.25, -0.2) is 23.5 Å². The van der Waals surface area contributed by atoms with Gasteiger partial charge >= 0.3 is 5.69 Å². The van der Waals surface area contributed by atoms with E-state index in [9.17, 15) is 18.4 Å². The van der Waals surface area contributed by atoms with Gasteiger partial charge in [-0.2, -0.15) is 0 Å². The zero-order valence-corrected chi connectivity index (χ0v) is 11.1. The summed E-state index contributed by atoms with van der Waals surface area (Å²) in [6.45, 7) is 2.35. The summed E-state index contributed by atoms with van der Waals surface area (Å²) in [5, 5.41) is 0. The number of halogens is 2. The van der Waals surface area contributed by atoms with Crippen LogP contribution in [0.4, 0.5) is 8.78 Å². The molecule has 2 aromatic rings. The second kappa shape index (κ2) is 5.48. The van der Waals surface area contributed by atoms with E-state index in [1.54, 1.807) is 0 Å². The molecule has 2 rings (SSSR count). The molecule has 0 aromatic carbocycles. The van der Waals surface area contributed by atoms with Crippen LogP contribution in [0.1, 0.15) is 32.0 Å². The maximum atomic E-state index is 12.6. The molecule has 0 radical (unpaired) electrons. The van der Waals surface area contributed by atoms with E-state index >= 15 is 0 Å². The number of rotatable bonds is 4. The third-order valence-corrected chi connectivity index (χ3v) is 3.03. The van der Waals surface area contributed by atoms with E-state index in [4.69, 9.17) is 0 Å². The van der Waals surface area contributed by atoms with Gasteiger partial charge in [0.2, 0.25) is 0 Å². The summed E-state index contributed by atoms with van der Waals surface area (Å²) >= 11 is 0. The Bertz CT molecular complexity index is 751. The van der Waals surface area contributed by atoms with Crippen molar-refractivity contribution in [1.29, 1.82) is 0 Å². The van der Waals surface area contributed by atoms with Gasteiger partial charge in [0, 0.05) is 13.6 Å². The van der Waals surface area contributed by atoms with Gasteiger partial charge in [-0.3, -0.25) is 13.9 Å². The Morgan fingerprint density at radius 2 is 2.05 bits per heavy atom. The van der Waals surface area contributed by atoms with Crippen molar-refractivity contribution in [2.45, 2.75) is 32.7 Å². The second-order valence-corrected chi connectivity index (χ2v) is 4.41. The molecule has 2 aromatic heterocycles. The molecule has 0 saturated heterocycles. The Hall–Kier alpha value is -2.12. The Balaban J connectivity index is 2.79. The van der Waals surface area contributed by atoms with Crippen LogP contribution in [-0.4, -0.2) is 19.1 Å². The molecule has 20 heavy (non-hydrogen) atoms. The molecule has 0 aliphatic carbocycles. The molecule has 0 atom stereocenters. The van der Waals surface area contributed by atoms with Gasteiger partial charge in [0.15, 0.2) is 11.3 Å². The van der Waals surface area contributed by atoms with Crippen LogP contribution in [-0.2, 0) is 13.6 Å². The molecule has 0 saturated carbocycles. The van der Waals surface area contributed by atoms with E-state index in [0.717, 1.165) is 23.6 Å². The fourth-order valence-corrected chi connectivity index (χ4v) is 1.91. The summed E-state index contributed by atoms with van der Waals surface area (Å²) in [6.07, 6.45) is -0.168. The first-order chi connectivity index (χ1) is 9.47. The van der Waals surface area contributed by atoms with E-state index in [2.05, 4.69) is 9.97 Å². The SMILES string of the molecule is CCCCn1c(=O)n(C)c(=O)c2nc(C(F)F)ncc21. The van der Waals surface area contributed by atoms with Gasteiger partial charge in [-0.1, -0.05) is 13.3 Å². The highest BCUT2D eigenvalue weighted by molar-refractivity contribution is 5.72. The van der Waals surface area contributed by atoms with Crippen molar-refractivity contribution in [3.63, 3.8) is 0 Å². The van der Waals surface area contributed by atoms with Crippen molar-refractivity contribution in [3.05, 3.63) is 32.9 Å². The third-order valence-electron chi connectivity index (χ3n) is 3.03. The van der Waals surface area contributed by atoms with Crippen molar-refractivity contribution in [2.75, 3.05) is 0 Å². The molecule has 0 bridgehead atoms. The molecule has 2 heterocycles. The zero-order chi connectivity index (χ0) is 14.9. The van der Waals surface area contributed by atoms with Crippen molar-refractivity contribution in [2.24, 2.45) is 7.05 Å². The van der Waals surface area contributed by atoms with E-state index in [0.29, 0.717) is 6.54 Å². The lowest BCUT2D eigenvalue weighted by Crippen LogP contribution is -2.38. The first kappa shape index (κ1) is 14.3. The second-order valence-electron chi connectivity index (χ2n) is 4.41. The smallest absolute Gasteiger partial charge is 0.290 e. The summed E-state index contributed by atoms with van der Waals surface area (Å²) in [5.41, 5.74) is -1.16. The molecule has 108 valence electrons. The molecule has 0 spiro atoms. The Morgan fingerprint density at radius 3 is 2.65 bits per heavy atom. The number of fused-ring (bicyclic) bond motifs is 1. The van der Waals surface area contributed by atoms with Crippen LogP contribution in [0.15, 0.2) is 15.8 Å². The average molecular weight is 284 g/mol. The summed E-state index contributed by atoms with van der Waals surface area (Å²) in [5.74, 6) is -0.713. The highest BCUT2D eigenvalue weighted by Gasteiger charge is 2.16. The van der Waals surface area contributed by atoms with Crippen LogP contribution in [0.5, 0.6) is 0 Å². The Kier molecular flexibility index (Phi) is 3.91. The molecule has 0 aliphatic heterocycles. The Labute approximate surface area is 112 Å². The maximum Gasteiger partial charge on any atom is 0.331 e. The molecule has 0 unspecified atom stereocenters. The van der Waals surface area contributed by atoms with Gasteiger partial charge in [0.25, 0.3) is 12.0 Å². The van der Waals surface area contributed by atoms with E-state index in [-0.39, 0.29) is 11.0 Å². The quantitative estimate of drug-likeness (QED) is 0.846. The predicted molar refractivity (Wildman–Crippen MR) is 68.9 cm³/mol. The van der Waals surface area contributed by atoms with Gasteiger partial charge in [-0.05, 0) is 6.42 Å². The van der Waals surface area contributed by atoms with Crippen LogP contribution in [0.2, 0.25) is 0 Å². The van der Waals surface area contributed by atoms with Crippen LogP contribution >= 0.6 is 0 Å². The summed E-state index contributed by atoms with van der Waals surface area (Å²) in [7, 11) is 1.30. The van der Waals surface area contributed by atoms with E-state index in [1.165, 1.54) is 11.6 Å². The minimum absolute atomic E-state index is 0.159. The fourth-order valence-electron chi connectivity index (χ4n) is 1.91. The highest BCUT2D eigenvalue weighted by atomic mass is 19.3. The van der Waals surface area contributed by atoms with E-state index in [1.807, 2.05) is 6.92 Å². The molecule has 8 heteroatoms. The number of unbranched alkanes of at least 4 members (excludes halogenated alkanes) is 1. The number of hydrogen-bond acceptors (Lipinski definition) is 4. The molecular weight excluding hydrogens is 270 g/mol. The average Bonchev–Trinajstić information content (AvgIpc) is 2.44. The first-order valence-corrected chi connectivity index (χ1v) is 6.22. The standard InChI is InChI=1S/C12H14F2N4O2/c1-3-4-5-18-7-6-15-10(9(13)14)16-8(7)11(19)17(2)12(18)20/h6,9H,3-5H2,1-2H3. The minimum atomic E-state index is -2.86. The van der Waals surface area contributed by atoms with Crippen LogP contribution in [0, 0.1) is 0 Å². The van der Waals surface area contributed by atoms with Gasteiger partial charge in [-0.15, -0.1) is 0 Å². The van der Waals surface area contributed by atoms with Crippen molar-refractivity contribution >= 4 is 11.0 Å². The number of aromatic nitrogens is 4. The molecule has 0 N–H and O–H groups in total. The topological polar surface area (TPSA) is 69.8 Å². The monoisotopic (exact) mass is 284 g/mol.